The van der Waals surface area contributed by atoms with Crippen molar-refractivity contribution >= 4 is 28.7 Å². The van der Waals surface area contributed by atoms with Crippen LogP contribution in [0, 0.1) is 0 Å². The maximum absolute atomic E-state index is 12.7. The quantitative estimate of drug-likeness (QED) is 0.444. The summed E-state index contributed by atoms with van der Waals surface area (Å²) >= 11 is 1.68. The van der Waals surface area contributed by atoms with Crippen molar-refractivity contribution < 1.29 is 4.79 Å². The number of amides is 1. The number of nitrogens with zero attached hydrogens (tertiary/aromatic N) is 3. The summed E-state index contributed by atoms with van der Waals surface area (Å²) < 4.78 is 1.87. The largest absolute Gasteiger partial charge is 0.322 e. The van der Waals surface area contributed by atoms with Gasteiger partial charge in [-0.3, -0.25) is 9.20 Å². The number of carbonyl (C=O) groups excluding carboxylic acids is 1. The van der Waals surface area contributed by atoms with Crippen LogP contribution < -0.4 is 5.32 Å². The van der Waals surface area contributed by atoms with E-state index in [0.717, 1.165) is 22.5 Å². The van der Waals surface area contributed by atoms with E-state index in [9.17, 15) is 4.79 Å². The second kappa shape index (κ2) is 7.33. The molecule has 0 saturated heterocycles. The molecule has 1 amide bonds. The molecule has 5 nitrogen and oxygen atoms in total. The molecule has 0 bridgehead atoms. The molecule has 140 valence electrons. The number of rotatable bonds is 4. The Morgan fingerprint density at radius 1 is 0.966 bits per heavy atom. The van der Waals surface area contributed by atoms with E-state index in [0.29, 0.717) is 11.3 Å². The Morgan fingerprint density at radius 2 is 1.86 bits per heavy atom. The van der Waals surface area contributed by atoms with Crippen molar-refractivity contribution in [3.05, 3.63) is 96.3 Å². The van der Waals surface area contributed by atoms with Crippen LogP contribution in [0.2, 0.25) is 0 Å². The third-order valence-electron chi connectivity index (χ3n) is 4.60. The van der Waals surface area contributed by atoms with Gasteiger partial charge in [0.1, 0.15) is 0 Å². The molecule has 6 heteroatoms. The van der Waals surface area contributed by atoms with Gasteiger partial charge in [0.2, 0.25) is 5.78 Å². The molecule has 0 aliphatic heterocycles. The number of fused-ring (bicyclic) bond motifs is 1. The number of thiophene rings is 1. The van der Waals surface area contributed by atoms with Gasteiger partial charge in [0, 0.05) is 40.3 Å². The number of carbonyl (C=O) groups is 1. The van der Waals surface area contributed by atoms with Gasteiger partial charge >= 0.3 is 0 Å². The molecule has 1 N–H and O–H groups in total. The van der Waals surface area contributed by atoms with Crippen molar-refractivity contribution in [1.29, 1.82) is 0 Å². The number of nitrogens with one attached hydrogen (secondary N) is 1. The average molecular weight is 396 g/mol. The Hall–Kier alpha value is -3.77. The minimum atomic E-state index is -0.142. The zero-order valence-electron chi connectivity index (χ0n) is 15.3. The molecule has 2 aromatic carbocycles. The second-order valence-electron chi connectivity index (χ2n) is 6.54. The normalized spacial score (nSPS) is 10.9. The van der Waals surface area contributed by atoms with Gasteiger partial charge in [0.05, 0.1) is 5.69 Å². The SMILES string of the molecule is O=C(Nc1cccc(-c2cn3cccnc3n2)c1)c1ccc(-c2cccs2)cc1. The third kappa shape index (κ3) is 3.53. The van der Waals surface area contributed by atoms with Crippen molar-refractivity contribution in [3.63, 3.8) is 0 Å². The molecule has 5 rings (SSSR count). The molecule has 29 heavy (non-hydrogen) atoms. The summed E-state index contributed by atoms with van der Waals surface area (Å²) in [5, 5.41) is 5.01. The standard InChI is InChI=1S/C23H16N4OS/c28-22(17-9-7-16(8-10-17)21-6-2-13-29-21)25-19-5-1-4-18(14-19)20-15-27-12-3-11-24-23(27)26-20/h1-15H,(H,25,28). The van der Waals surface area contributed by atoms with Crippen molar-refractivity contribution in [2.45, 2.75) is 0 Å². The van der Waals surface area contributed by atoms with Gasteiger partial charge in [-0.2, -0.15) is 0 Å². The molecule has 3 heterocycles. The van der Waals surface area contributed by atoms with Gasteiger partial charge in [-0.05, 0) is 47.3 Å². The number of anilines is 1. The Balaban J connectivity index is 1.36. The van der Waals surface area contributed by atoms with E-state index in [2.05, 4.69) is 21.4 Å². The van der Waals surface area contributed by atoms with Gasteiger partial charge in [0.25, 0.3) is 5.91 Å². The highest BCUT2D eigenvalue weighted by Gasteiger charge is 2.09. The van der Waals surface area contributed by atoms with Crippen LogP contribution in [0.4, 0.5) is 5.69 Å². The van der Waals surface area contributed by atoms with E-state index < -0.39 is 0 Å². The Labute approximate surface area is 171 Å². The van der Waals surface area contributed by atoms with Crippen LogP contribution in [-0.2, 0) is 0 Å². The third-order valence-corrected chi connectivity index (χ3v) is 5.52. The fraction of sp³-hybridized carbons (Fsp3) is 0. The topological polar surface area (TPSA) is 59.3 Å². The summed E-state index contributed by atoms with van der Waals surface area (Å²) in [6.07, 6.45) is 5.55. The van der Waals surface area contributed by atoms with Gasteiger partial charge in [-0.15, -0.1) is 11.3 Å². The number of benzene rings is 2. The predicted octanol–water partition coefficient (Wildman–Crippen LogP) is 5.38. The highest BCUT2D eigenvalue weighted by Crippen LogP contribution is 2.25. The minimum Gasteiger partial charge on any atom is -0.322 e. The fourth-order valence-corrected chi connectivity index (χ4v) is 3.89. The minimum absolute atomic E-state index is 0.142. The summed E-state index contributed by atoms with van der Waals surface area (Å²) in [5.74, 6) is 0.499. The lowest BCUT2D eigenvalue weighted by Gasteiger charge is -2.07. The maximum atomic E-state index is 12.7. The molecule has 5 aromatic rings. The van der Waals surface area contributed by atoms with Crippen molar-refractivity contribution in [1.82, 2.24) is 14.4 Å². The van der Waals surface area contributed by atoms with E-state index in [1.807, 2.05) is 82.8 Å². The predicted molar refractivity (Wildman–Crippen MR) is 116 cm³/mol. The average Bonchev–Trinajstić information content (AvgIpc) is 3.44. The molecule has 3 aromatic heterocycles. The van der Waals surface area contributed by atoms with Crippen LogP contribution in [0.25, 0.3) is 27.5 Å². The lowest BCUT2D eigenvalue weighted by atomic mass is 10.1. The van der Waals surface area contributed by atoms with Gasteiger partial charge in [-0.1, -0.05) is 30.3 Å². The number of aromatic nitrogens is 3. The molecular formula is C23H16N4OS. The maximum Gasteiger partial charge on any atom is 0.255 e. The van der Waals surface area contributed by atoms with E-state index in [1.165, 1.54) is 4.88 Å². The molecular weight excluding hydrogens is 380 g/mol. The first-order valence-electron chi connectivity index (χ1n) is 9.12. The Bertz CT molecular complexity index is 1260. The number of hydrogen-bond acceptors (Lipinski definition) is 4. The van der Waals surface area contributed by atoms with Crippen molar-refractivity contribution in [3.8, 4) is 21.7 Å². The second-order valence-corrected chi connectivity index (χ2v) is 7.49. The summed E-state index contributed by atoms with van der Waals surface area (Å²) in [4.78, 5) is 22.6. The highest BCUT2D eigenvalue weighted by atomic mass is 32.1. The van der Waals surface area contributed by atoms with Crippen LogP contribution in [0.1, 0.15) is 10.4 Å². The molecule has 0 unspecified atom stereocenters. The Morgan fingerprint density at radius 3 is 2.66 bits per heavy atom. The van der Waals surface area contributed by atoms with E-state index >= 15 is 0 Å². The summed E-state index contributed by atoms with van der Waals surface area (Å²) in [7, 11) is 0. The summed E-state index contributed by atoms with van der Waals surface area (Å²) in [6, 6.07) is 21.3. The lowest BCUT2D eigenvalue weighted by Crippen LogP contribution is -2.11. The van der Waals surface area contributed by atoms with Gasteiger partial charge in [-0.25, -0.2) is 9.97 Å². The molecule has 0 saturated carbocycles. The van der Waals surface area contributed by atoms with Crippen molar-refractivity contribution in [2.24, 2.45) is 0 Å². The van der Waals surface area contributed by atoms with E-state index in [4.69, 9.17) is 0 Å². The van der Waals surface area contributed by atoms with Crippen molar-refractivity contribution in [2.75, 3.05) is 5.32 Å². The molecule has 0 atom stereocenters. The van der Waals surface area contributed by atoms with Crippen LogP contribution >= 0.6 is 11.3 Å². The Kier molecular flexibility index (Phi) is 4.38. The van der Waals surface area contributed by atoms with Crippen LogP contribution in [0.15, 0.2) is 90.7 Å². The number of imidazole rings is 1. The van der Waals surface area contributed by atoms with Crippen LogP contribution in [-0.4, -0.2) is 20.3 Å². The van der Waals surface area contributed by atoms with Crippen LogP contribution in [0.3, 0.4) is 0 Å². The summed E-state index contributed by atoms with van der Waals surface area (Å²) in [6.45, 7) is 0. The van der Waals surface area contributed by atoms with E-state index in [-0.39, 0.29) is 5.91 Å². The smallest absolute Gasteiger partial charge is 0.255 e. The zero-order valence-corrected chi connectivity index (χ0v) is 16.1. The molecule has 0 fully saturated rings. The van der Waals surface area contributed by atoms with E-state index in [1.54, 1.807) is 17.5 Å². The highest BCUT2D eigenvalue weighted by molar-refractivity contribution is 7.13. The first-order valence-corrected chi connectivity index (χ1v) is 10.00. The zero-order chi connectivity index (χ0) is 19.6. The molecule has 0 aliphatic rings. The summed E-state index contributed by atoms with van der Waals surface area (Å²) in [5.41, 5.74) is 4.17. The molecule has 0 spiro atoms. The fourth-order valence-electron chi connectivity index (χ4n) is 3.16. The first kappa shape index (κ1) is 17.3. The molecule has 0 aliphatic carbocycles. The number of hydrogen-bond donors (Lipinski definition) is 1. The van der Waals surface area contributed by atoms with Crippen LogP contribution in [0.5, 0.6) is 0 Å². The first-order chi connectivity index (χ1) is 14.3. The van der Waals surface area contributed by atoms with Gasteiger partial charge < -0.3 is 5.32 Å². The monoisotopic (exact) mass is 396 g/mol. The lowest BCUT2D eigenvalue weighted by molar-refractivity contribution is 0.102. The molecule has 0 radical (unpaired) electrons. The van der Waals surface area contributed by atoms with Gasteiger partial charge in [0.15, 0.2) is 0 Å².